The number of piperidine rings is 1. The smallest absolute Gasteiger partial charge is 0.410 e. The fourth-order valence-corrected chi connectivity index (χ4v) is 5.79. The van der Waals surface area contributed by atoms with Gasteiger partial charge in [-0.15, -0.1) is 0 Å². The van der Waals surface area contributed by atoms with Crippen molar-refractivity contribution >= 4 is 30.0 Å². The molecular weight excluding hydrogens is 548 g/mol. The topological polar surface area (TPSA) is 168 Å². The molecule has 14 heteroatoms. The molecule has 0 spiro atoms. The van der Waals surface area contributed by atoms with E-state index in [1.165, 1.54) is 0 Å². The van der Waals surface area contributed by atoms with Gasteiger partial charge in [-0.25, -0.2) is 9.59 Å². The number of esters is 2. The lowest BCUT2D eigenvalue weighted by molar-refractivity contribution is -0.157. The summed E-state index contributed by atoms with van der Waals surface area (Å²) < 4.78 is 21.4. The summed E-state index contributed by atoms with van der Waals surface area (Å²) in [5, 5.41) is 8.25. The minimum atomic E-state index is -0.705. The Bertz CT molecular complexity index is 972. The Balaban J connectivity index is 1.53. The maximum Gasteiger partial charge on any atom is 0.410 e. The van der Waals surface area contributed by atoms with Crippen LogP contribution in [0.25, 0.3) is 0 Å². The lowest BCUT2D eigenvalue weighted by atomic mass is 9.88. The summed E-state index contributed by atoms with van der Waals surface area (Å²) in [6, 6.07) is -1.31. The molecule has 0 aromatic rings. The third-order valence-corrected chi connectivity index (χ3v) is 7.73. The van der Waals surface area contributed by atoms with Crippen molar-refractivity contribution in [3.63, 3.8) is 0 Å². The van der Waals surface area contributed by atoms with Crippen LogP contribution in [-0.4, -0.2) is 139 Å². The highest BCUT2D eigenvalue weighted by Gasteiger charge is 2.43. The van der Waals surface area contributed by atoms with Crippen LogP contribution < -0.4 is 5.73 Å². The van der Waals surface area contributed by atoms with Crippen LogP contribution in [0.15, 0.2) is 0 Å². The summed E-state index contributed by atoms with van der Waals surface area (Å²) in [6.45, 7) is 13.4. The Morgan fingerprint density at radius 2 is 1.64 bits per heavy atom. The third kappa shape index (κ3) is 9.18. The van der Waals surface area contributed by atoms with Crippen LogP contribution in [0.2, 0.25) is 0 Å². The maximum absolute atomic E-state index is 12.9. The summed E-state index contributed by atoms with van der Waals surface area (Å²) in [4.78, 5) is 57.4. The Labute approximate surface area is 248 Å². The van der Waals surface area contributed by atoms with Crippen molar-refractivity contribution in [3.05, 3.63) is 0 Å². The van der Waals surface area contributed by atoms with Gasteiger partial charge < -0.3 is 29.6 Å². The Morgan fingerprint density at radius 1 is 1.02 bits per heavy atom. The number of nitrogens with zero attached hydrogens (tertiary/aromatic N) is 4. The Morgan fingerprint density at radius 3 is 2.19 bits per heavy atom. The van der Waals surface area contributed by atoms with E-state index in [1.54, 1.807) is 23.6 Å². The number of piperazine rings is 1. The first-order valence-corrected chi connectivity index (χ1v) is 14.9. The number of amidine groups is 1. The molecule has 0 aromatic carbocycles. The van der Waals surface area contributed by atoms with E-state index in [-0.39, 0.29) is 37.5 Å². The van der Waals surface area contributed by atoms with Crippen LogP contribution in [0.5, 0.6) is 0 Å². The van der Waals surface area contributed by atoms with Crippen molar-refractivity contribution in [1.82, 2.24) is 19.6 Å². The first-order valence-electron chi connectivity index (χ1n) is 14.9. The quantitative estimate of drug-likeness (QED) is 0.152. The standard InChI is InChI=1S/C28H48N6O8/c1-6-39-22(35)16-21(25(36)40-7-2)32-14-12-31(13-15-32)17-20-18-34(27(38)41-20)23(24(29)30)19-8-10-33(11-9-19)26(37)42-28(3,4)5/h19-21,23H,6-18H2,1-5H3,(H3,29,30). The number of amides is 2. The number of hydrogen-bond acceptors (Lipinski definition) is 11. The molecule has 14 nitrogen and oxygen atoms in total. The van der Waals surface area contributed by atoms with Crippen LogP contribution >= 0.6 is 0 Å². The van der Waals surface area contributed by atoms with E-state index >= 15 is 0 Å². The summed E-state index contributed by atoms with van der Waals surface area (Å²) in [5.41, 5.74) is 5.42. The van der Waals surface area contributed by atoms with Crippen molar-refractivity contribution in [1.29, 1.82) is 5.41 Å². The second-order valence-corrected chi connectivity index (χ2v) is 12.0. The predicted molar refractivity (Wildman–Crippen MR) is 153 cm³/mol. The van der Waals surface area contributed by atoms with E-state index in [9.17, 15) is 19.2 Å². The van der Waals surface area contributed by atoms with Gasteiger partial charge in [0.15, 0.2) is 0 Å². The summed E-state index contributed by atoms with van der Waals surface area (Å²) >= 11 is 0. The minimum Gasteiger partial charge on any atom is -0.466 e. The number of carbonyl (C=O) groups excluding carboxylic acids is 4. The van der Waals surface area contributed by atoms with E-state index < -0.39 is 41.8 Å². The molecule has 0 saturated carbocycles. The van der Waals surface area contributed by atoms with Gasteiger partial charge in [0.2, 0.25) is 0 Å². The average Bonchev–Trinajstić information content (AvgIpc) is 3.26. The first kappa shape index (κ1) is 33.4. The molecule has 0 radical (unpaired) electrons. The molecule has 3 aliphatic rings. The highest BCUT2D eigenvalue weighted by molar-refractivity contribution is 5.87. The van der Waals surface area contributed by atoms with Crippen molar-refractivity contribution in [3.8, 4) is 0 Å². The van der Waals surface area contributed by atoms with Gasteiger partial charge in [-0.05, 0) is 53.4 Å². The zero-order valence-electron chi connectivity index (χ0n) is 25.6. The average molecular weight is 597 g/mol. The van der Waals surface area contributed by atoms with Gasteiger partial charge in [0.1, 0.15) is 23.6 Å². The molecular formula is C28H48N6O8. The molecule has 0 aliphatic carbocycles. The second kappa shape index (κ2) is 14.9. The summed E-state index contributed by atoms with van der Waals surface area (Å²) in [5.74, 6) is -1.04. The van der Waals surface area contributed by atoms with Crippen molar-refractivity contribution in [2.75, 3.05) is 65.6 Å². The van der Waals surface area contributed by atoms with E-state index in [0.29, 0.717) is 65.2 Å². The van der Waals surface area contributed by atoms with Crippen molar-refractivity contribution in [2.45, 2.75) is 77.7 Å². The van der Waals surface area contributed by atoms with Gasteiger partial charge >= 0.3 is 24.1 Å². The SMILES string of the molecule is CCOC(=O)CC(C(=O)OCC)N1CCN(CC2CN(C(C(=N)N)C3CCN(C(=O)OC(C)(C)C)CC3)C(=O)O2)CC1. The van der Waals surface area contributed by atoms with Gasteiger partial charge in [0.25, 0.3) is 0 Å². The highest BCUT2D eigenvalue weighted by Crippen LogP contribution is 2.29. The van der Waals surface area contributed by atoms with Crippen LogP contribution in [-0.2, 0) is 28.5 Å². The monoisotopic (exact) mass is 596 g/mol. The lowest BCUT2D eigenvalue weighted by Crippen LogP contribution is -2.55. The van der Waals surface area contributed by atoms with E-state index in [2.05, 4.69) is 4.90 Å². The third-order valence-electron chi connectivity index (χ3n) is 7.73. The molecule has 0 aromatic heterocycles. The molecule has 3 saturated heterocycles. The van der Waals surface area contributed by atoms with Gasteiger partial charge in [0.05, 0.1) is 32.2 Å². The number of rotatable bonds is 11. The zero-order chi connectivity index (χ0) is 31.0. The molecule has 2 amide bonds. The first-order chi connectivity index (χ1) is 19.8. The molecule has 3 rings (SSSR count). The zero-order valence-corrected chi connectivity index (χ0v) is 25.6. The predicted octanol–water partition coefficient (Wildman–Crippen LogP) is 1.26. The molecule has 3 aliphatic heterocycles. The molecule has 3 heterocycles. The van der Waals surface area contributed by atoms with Gasteiger partial charge in [-0.2, -0.15) is 0 Å². The molecule has 3 atom stereocenters. The normalized spacial score (nSPS) is 22.3. The number of likely N-dealkylation sites (tertiary alicyclic amines) is 1. The fraction of sp³-hybridized carbons (Fsp3) is 0.821. The Kier molecular flexibility index (Phi) is 11.8. The molecule has 3 unspecified atom stereocenters. The van der Waals surface area contributed by atoms with Crippen molar-refractivity contribution < 1.29 is 38.1 Å². The maximum atomic E-state index is 12.9. The Hall–Kier alpha value is -3.13. The van der Waals surface area contributed by atoms with Crippen LogP contribution in [0.4, 0.5) is 9.59 Å². The number of carbonyl (C=O) groups is 4. The highest BCUT2D eigenvalue weighted by atomic mass is 16.6. The second-order valence-electron chi connectivity index (χ2n) is 12.0. The lowest BCUT2D eigenvalue weighted by Gasteiger charge is -2.39. The van der Waals surface area contributed by atoms with Crippen LogP contribution in [0.3, 0.4) is 0 Å². The van der Waals surface area contributed by atoms with Crippen LogP contribution in [0, 0.1) is 11.3 Å². The fourth-order valence-electron chi connectivity index (χ4n) is 5.79. The van der Waals surface area contributed by atoms with Crippen LogP contribution in [0.1, 0.15) is 53.9 Å². The van der Waals surface area contributed by atoms with Gasteiger partial charge in [0, 0.05) is 45.8 Å². The molecule has 3 fully saturated rings. The van der Waals surface area contributed by atoms with E-state index in [1.807, 2.05) is 25.7 Å². The van der Waals surface area contributed by atoms with E-state index in [0.717, 1.165) is 0 Å². The molecule has 0 bridgehead atoms. The summed E-state index contributed by atoms with van der Waals surface area (Å²) in [6.07, 6.45) is -0.139. The van der Waals surface area contributed by atoms with E-state index in [4.69, 9.17) is 30.1 Å². The number of cyclic esters (lactones) is 1. The summed E-state index contributed by atoms with van der Waals surface area (Å²) in [7, 11) is 0. The molecule has 3 N–H and O–H groups in total. The van der Waals surface area contributed by atoms with Gasteiger partial charge in [-0.1, -0.05) is 0 Å². The minimum absolute atomic E-state index is 0.0645. The molecule has 238 valence electrons. The molecule has 42 heavy (non-hydrogen) atoms. The largest absolute Gasteiger partial charge is 0.466 e. The van der Waals surface area contributed by atoms with Gasteiger partial charge in [-0.3, -0.25) is 29.7 Å². The number of nitrogens with two attached hydrogens (primary N) is 1. The number of ether oxygens (including phenoxy) is 4. The van der Waals surface area contributed by atoms with Crippen molar-refractivity contribution in [2.24, 2.45) is 11.7 Å². The number of nitrogens with one attached hydrogen (secondary N) is 1. The number of hydrogen-bond donors (Lipinski definition) is 2.